The second kappa shape index (κ2) is 9.36. The number of thiophene rings is 1. The van der Waals surface area contributed by atoms with Gasteiger partial charge in [-0.1, -0.05) is 29.5 Å². The number of rotatable bonds is 10. The Bertz CT molecular complexity index is 1550. The van der Waals surface area contributed by atoms with E-state index in [2.05, 4.69) is 10.2 Å². The number of carbonyl (C=O) groups is 1. The van der Waals surface area contributed by atoms with Gasteiger partial charge in [-0.2, -0.15) is 10.2 Å². The first-order chi connectivity index (χ1) is 17.4. The summed E-state index contributed by atoms with van der Waals surface area (Å²) in [5.41, 5.74) is -1.26. The number of benzene rings is 1. The number of para-hydroxylation sites is 1. The van der Waals surface area contributed by atoms with Crippen LogP contribution in [-0.2, 0) is 28.0 Å². The van der Waals surface area contributed by atoms with E-state index in [0.717, 1.165) is 10.1 Å². The zero-order valence-corrected chi connectivity index (χ0v) is 20.7. The monoisotopic (exact) mass is 511 g/mol. The molecule has 0 unspecified atom stereocenters. The number of carboxylic acids is 1. The highest BCUT2D eigenvalue weighted by Gasteiger charge is 2.54. The van der Waals surface area contributed by atoms with Crippen molar-refractivity contribution in [2.24, 2.45) is 0 Å². The van der Waals surface area contributed by atoms with Gasteiger partial charge in [0.15, 0.2) is 0 Å². The maximum Gasteiger partial charge on any atom is 0.333 e. The lowest BCUT2D eigenvalue weighted by molar-refractivity contribution is -0.142. The minimum Gasteiger partial charge on any atom is -0.491 e. The lowest BCUT2D eigenvalue weighted by atomic mass is 10.1. The van der Waals surface area contributed by atoms with Crippen LogP contribution in [0.4, 0.5) is 0 Å². The van der Waals surface area contributed by atoms with Gasteiger partial charge in [0.1, 0.15) is 27.7 Å². The fourth-order valence-electron chi connectivity index (χ4n) is 4.39. The summed E-state index contributed by atoms with van der Waals surface area (Å²) in [5.74, 6) is -0.494. The van der Waals surface area contributed by atoms with E-state index in [-0.39, 0.29) is 19.4 Å². The van der Waals surface area contributed by atoms with Crippen molar-refractivity contribution in [3.8, 4) is 10.8 Å². The number of hydrogen-bond acceptors (Lipinski definition) is 8. The topological polar surface area (TPSA) is 130 Å². The largest absolute Gasteiger partial charge is 0.491 e. The number of nitrogens with zero attached hydrogens (tertiary/aromatic N) is 5. The molecule has 1 fully saturated rings. The average Bonchev–Trinajstić information content (AvgIpc) is 3.32. The van der Waals surface area contributed by atoms with Crippen molar-refractivity contribution in [2.75, 3.05) is 20.3 Å². The number of aliphatic carboxylic acids is 1. The number of hydrogen-bond donors (Lipinski definition) is 1. The first-order valence-electron chi connectivity index (χ1n) is 11.5. The summed E-state index contributed by atoms with van der Waals surface area (Å²) in [6.45, 7) is 2.81. The van der Waals surface area contributed by atoms with E-state index in [1.54, 1.807) is 14.0 Å². The molecule has 0 amide bonds. The third-order valence-corrected chi connectivity index (χ3v) is 7.74. The van der Waals surface area contributed by atoms with Crippen LogP contribution < -0.4 is 16.0 Å². The van der Waals surface area contributed by atoms with Crippen LogP contribution in [0.2, 0.25) is 0 Å². The third kappa shape index (κ3) is 3.91. The molecule has 0 saturated heterocycles. The Hall–Kier alpha value is -3.77. The molecule has 1 saturated carbocycles. The molecule has 1 N–H and O–H groups in total. The maximum absolute atomic E-state index is 13.7. The van der Waals surface area contributed by atoms with E-state index < -0.39 is 22.8 Å². The molecule has 11 nitrogen and oxygen atoms in total. The highest BCUT2D eigenvalue weighted by Crippen LogP contribution is 2.42. The predicted octanol–water partition coefficient (Wildman–Crippen LogP) is 1.96. The molecule has 3 aromatic heterocycles. The summed E-state index contributed by atoms with van der Waals surface area (Å²) < 4.78 is 13.3. The Morgan fingerprint density at radius 2 is 1.89 bits per heavy atom. The summed E-state index contributed by atoms with van der Waals surface area (Å²) in [6, 6.07) is 7.52. The van der Waals surface area contributed by atoms with Crippen LogP contribution in [0.25, 0.3) is 15.2 Å². The van der Waals surface area contributed by atoms with E-state index in [9.17, 15) is 19.5 Å². The highest BCUT2D eigenvalue weighted by atomic mass is 32.1. The molecule has 4 aromatic rings. The molecular weight excluding hydrogens is 486 g/mol. The lowest BCUT2D eigenvalue weighted by Crippen LogP contribution is -2.48. The van der Waals surface area contributed by atoms with Crippen molar-refractivity contribution in [3.63, 3.8) is 0 Å². The minimum atomic E-state index is -1.51. The number of aromatic nitrogens is 5. The van der Waals surface area contributed by atoms with E-state index in [1.165, 1.54) is 33.1 Å². The van der Waals surface area contributed by atoms with Crippen LogP contribution in [0, 0.1) is 6.92 Å². The van der Waals surface area contributed by atoms with Gasteiger partial charge in [-0.25, -0.2) is 14.2 Å². The fourth-order valence-corrected chi connectivity index (χ4v) is 5.63. The SMILES string of the molecule is COCCOc1ccccc1CCn1c(=O)n(C2(C(=O)O)CC2)c(=O)c2c(C)c(-n3nccn3)sc21. The van der Waals surface area contributed by atoms with E-state index in [4.69, 9.17) is 9.47 Å². The Labute approximate surface area is 209 Å². The summed E-state index contributed by atoms with van der Waals surface area (Å²) in [5, 5.41) is 19.1. The molecule has 188 valence electrons. The molecular formula is C24H25N5O6S. The molecule has 36 heavy (non-hydrogen) atoms. The van der Waals surface area contributed by atoms with Gasteiger partial charge in [0.05, 0.1) is 24.4 Å². The van der Waals surface area contributed by atoms with Gasteiger partial charge < -0.3 is 14.6 Å². The van der Waals surface area contributed by atoms with Gasteiger partial charge in [-0.15, -0.1) is 4.80 Å². The summed E-state index contributed by atoms with van der Waals surface area (Å²) in [6.07, 6.45) is 3.95. The second-order valence-corrected chi connectivity index (χ2v) is 9.62. The van der Waals surface area contributed by atoms with E-state index >= 15 is 0 Å². The zero-order chi connectivity index (χ0) is 25.4. The van der Waals surface area contributed by atoms with Gasteiger partial charge in [0, 0.05) is 19.2 Å². The molecule has 0 aliphatic heterocycles. The predicted molar refractivity (Wildman–Crippen MR) is 132 cm³/mol. The molecule has 1 aliphatic rings. The summed E-state index contributed by atoms with van der Waals surface area (Å²) in [4.78, 5) is 41.3. The smallest absolute Gasteiger partial charge is 0.333 e. The lowest BCUT2D eigenvalue weighted by Gasteiger charge is -2.17. The molecule has 3 heterocycles. The van der Waals surface area contributed by atoms with Crippen molar-refractivity contribution < 1.29 is 19.4 Å². The first-order valence-corrected chi connectivity index (χ1v) is 12.3. The Morgan fingerprint density at radius 1 is 1.17 bits per heavy atom. The number of ether oxygens (including phenoxy) is 2. The van der Waals surface area contributed by atoms with Gasteiger partial charge >= 0.3 is 11.7 Å². The normalized spacial score (nSPS) is 14.3. The van der Waals surface area contributed by atoms with Crippen molar-refractivity contribution in [3.05, 3.63) is 68.6 Å². The standard InChI is InChI=1S/C24H25N5O6S/c1-15-18-19(30)28(24(8-9-24)22(31)32)23(33)27(21(18)36-20(15)29-25-10-11-26-29)12-7-16-5-3-4-6-17(16)35-14-13-34-2/h3-6,10-11H,7-9,12-14H2,1-2H3,(H,31,32). The van der Waals surface area contributed by atoms with Crippen LogP contribution in [0.3, 0.4) is 0 Å². The van der Waals surface area contributed by atoms with Crippen LogP contribution in [-0.4, -0.2) is 55.5 Å². The molecule has 1 aromatic carbocycles. The molecule has 12 heteroatoms. The van der Waals surface area contributed by atoms with E-state index in [0.29, 0.717) is 46.2 Å². The fraction of sp³-hybridized carbons (Fsp3) is 0.375. The van der Waals surface area contributed by atoms with Crippen molar-refractivity contribution in [1.82, 2.24) is 24.1 Å². The summed E-state index contributed by atoms with van der Waals surface area (Å²) >= 11 is 1.23. The Morgan fingerprint density at radius 3 is 2.56 bits per heavy atom. The third-order valence-electron chi connectivity index (χ3n) is 6.46. The molecule has 0 radical (unpaired) electrons. The Balaban J connectivity index is 1.64. The van der Waals surface area contributed by atoms with Crippen LogP contribution in [0.5, 0.6) is 5.75 Å². The van der Waals surface area contributed by atoms with Crippen molar-refractivity contribution >= 4 is 27.5 Å². The Kier molecular flexibility index (Phi) is 6.22. The van der Waals surface area contributed by atoms with Crippen LogP contribution in [0.15, 0.2) is 46.2 Å². The number of aryl methyl sites for hydroxylation is 3. The molecule has 1 aliphatic carbocycles. The molecule has 0 spiro atoms. The van der Waals surface area contributed by atoms with E-state index in [1.807, 2.05) is 24.3 Å². The number of carboxylic acid groups (broad SMARTS) is 1. The van der Waals surface area contributed by atoms with Crippen LogP contribution >= 0.6 is 11.3 Å². The average molecular weight is 512 g/mol. The maximum atomic E-state index is 13.7. The molecule has 5 rings (SSSR count). The molecule has 0 bridgehead atoms. The minimum absolute atomic E-state index is 0.224. The first kappa shape index (κ1) is 23.9. The van der Waals surface area contributed by atoms with Gasteiger partial charge in [0.2, 0.25) is 0 Å². The number of fused-ring (bicyclic) bond motifs is 1. The van der Waals surface area contributed by atoms with Crippen LogP contribution in [0.1, 0.15) is 24.0 Å². The van der Waals surface area contributed by atoms with Crippen molar-refractivity contribution in [1.29, 1.82) is 0 Å². The zero-order valence-electron chi connectivity index (χ0n) is 19.8. The highest BCUT2D eigenvalue weighted by molar-refractivity contribution is 7.21. The second-order valence-electron chi connectivity index (χ2n) is 8.64. The van der Waals surface area contributed by atoms with Crippen molar-refractivity contribution in [2.45, 2.75) is 38.3 Å². The summed E-state index contributed by atoms with van der Waals surface area (Å²) in [7, 11) is 1.60. The molecule has 0 atom stereocenters. The van der Waals surface area contributed by atoms with Gasteiger partial charge in [-0.05, 0) is 37.8 Å². The van der Waals surface area contributed by atoms with Gasteiger partial charge in [-0.3, -0.25) is 9.36 Å². The quantitative estimate of drug-likeness (QED) is 0.320. The van der Waals surface area contributed by atoms with Gasteiger partial charge in [0.25, 0.3) is 5.56 Å². The number of methoxy groups -OCH3 is 1.